The summed E-state index contributed by atoms with van der Waals surface area (Å²) in [7, 11) is 0. The van der Waals surface area contributed by atoms with Gasteiger partial charge < -0.3 is 10.3 Å². The summed E-state index contributed by atoms with van der Waals surface area (Å²) in [5.74, 6) is 0.614. The van der Waals surface area contributed by atoms with Gasteiger partial charge in [0, 0.05) is 16.9 Å². The molecule has 2 N–H and O–H groups in total. The number of nitrogens with one attached hydrogen (secondary N) is 2. The Labute approximate surface area is 145 Å². The molecule has 1 aliphatic rings. The Morgan fingerprint density at radius 3 is 2.84 bits per heavy atom. The Balaban J connectivity index is 1.55. The lowest BCUT2D eigenvalue weighted by Gasteiger charge is -2.26. The maximum absolute atomic E-state index is 12.7. The number of hydrogen-bond donors (Lipinski definition) is 2. The van der Waals surface area contributed by atoms with Crippen molar-refractivity contribution in [3.05, 3.63) is 40.9 Å². The lowest BCUT2D eigenvalue weighted by Crippen LogP contribution is -2.40. The SMILES string of the molecule is CC1CCC(NC(=O)Cn2cnc3c([nH]c4ccccc43)c2=O)CC1. The van der Waals surface area contributed by atoms with Crippen LogP contribution in [-0.4, -0.2) is 26.5 Å². The van der Waals surface area contributed by atoms with Crippen molar-refractivity contribution in [1.82, 2.24) is 19.9 Å². The van der Waals surface area contributed by atoms with Crippen molar-refractivity contribution in [1.29, 1.82) is 0 Å². The van der Waals surface area contributed by atoms with Crippen LogP contribution in [0.25, 0.3) is 21.9 Å². The molecule has 0 radical (unpaired) electrons. The third-order valence-corrected chi connectivity index (χ3v) is 5.17. The fourth-order valence-electron chi connectivity index (χ4n) is 3.68. The molecule has 1 aromatic carbocycles. The quantitative estimate of drug-likeness (QED) is 0.770. The second-order valence-corrected chi connectivity index (χ2v) is 7.10. The van der Waals surface area contributed by atoms with E-state index >= 15 is 0 Å². The predicted octanol–water partition coefficient (Wildman–Crippen LogP) is 2.57. The van der Waals surface area contributed by atoms with Gasteiger partial charge in [0.15, 0.2) is 0 Å². The standard InChI is InChI=1S/C19H22N4O2/c1-12-6-8-13(9-7-12)21-16(24)10-23-11-20-17-14-4-2-3-5-15(14)22-18(17)19(23)25/h2-5,11-13,22H,6-10H2,1H3,(H,21,24). The van der Waals surface area contributed by atoms with Gasteiger partial charge in [0.1, 0.15) is 17.6 Å². The first kappa shape index (κ1) is 15.9. The van der Waals surface area contributed by atoms with Crippen LogP contribution in [0.15, 0.2) is 35.4 Å². The van der Waals surface area contributed by atoms with E-state index in [1.54, 1.807) is 0 Å². The zero-order valence-corrected chi connectivity index (χ0v) is 14.3. The molecule has 0 unspecified atom stereocenters. The fraction of sp³-hybridized carbons (Fsp3) is 0.421. The molecule has 0 aliphatic heterocycles. The summed E-state index contributed by atoms with van der Waals surface area (Å²) in [6, 6.07) is 7.90. The predicted molar refractivity (Wildman–Crippen MR) is 97.4 cm³/mol. The molecule has 0 atom stereocenters. The second-order valence-electron chi connectivity index (χ2n) is 7.10. The molecule has 1 amide bonds. The number of nitrogens with zero attached hydrogens (tertiary/aromatic N) is 2. The highest BCUT2D eigenvalue weighted by atomic mass is 16.2. The molecule has 2 aromatic heterocycles. The monoisotopic (exact) mass is 338 g/mol. The Hall–Kier alpha value is -2.63. The number of aromatic nitrogens is 3. The third kappa shape index (κ3) is 3.04. The molecule has 2 heterocycles. The van der Waals surface area contributed by atoms with Crippen molar-refractivity contribution in [3.8, 4) is 0 Å². The van der Waals surface area contributed by atoms with Crippen LogP contribution in [-0.2, 0) is 11.3 Å². The van der Waals surface area contributed by atoms with Gasteiger partial charge >= 0.3 is 0 Å². The van der Waals surface area contributed by atoms with E-state index < -0.39 is 0 Å². The fourth-order valence-corrected chi connectivity index (χ4v) is 3.68. The van der Waals surface area contributed by atoms with E-state index in [1.165, 1.54) is 10.9 Å². The van der Waals surface area contributed by atoms with Crippen LogP contribution in [0.2, 0.25) is 0 Å². The van der Waals surface area contributed by atoms with E-state index in [1.807, 2.05) is 24.3 Å². The van der Waals surface area contributed by atoms with Crippen molar-refractivity contribution in [2.24, 2.45) is 5.92 Å². The first-order valence-corrected chi connectivity index (χ1v) is 8.87. The smallest absolute Gasteiger partial charge is 0.278 e. The van der Waals surface area contributed by atoms with E-state index in [-0.39, 0.29) is 24.1 Å². The molecule has 1 saturated carbocycles. The zero-order chi connectivity index (χ0) is 17.4. The van der Waals surface area contributed by atoms with Crippen molar-refractivity contribution >= 4 is 27.8 Å². The summed E-state index contributed by atoms with van der Waals surface area (Å²) in [5, 5.41) is 3.97. The van der Waals surface area contributed by atoms with Crippen molar-refractivity contribution in [2.75, 3.05) is 0 Å². The molecule has 4 rings (SSSR count). The number of benzene rings is 1. The number of aromatic amines is 1. The minimum Gasteiger partial charge on any atom is -0.352 e. The molecule has 0 saturated heterocycles. The number of H-pyrrole nitrogens is 1. The van der Waals surface area contributed by atoms with Gasteiger partial charge in [-0.15, -0.1) is 0 Å². The van der Waals surface area contributed by atoms with Gasteiger partial charge in [0.25, 0.3) is 5.56 Å². The number of para-hydroxylation sites is 1. The second kappa shape index (κ2) is 6.35. The van der Waals surface area contributed by atoms with Gasteiger partial charge in [0.05, 0.1) is 6.33 Å². The molecule has 0 bridgehead atoms. The van der Waals surface area contributed by atoms with Crippen LogP contribution in [0.5, 0.6) is 0 Å². The van der Waals surface area contributed by atoms with E-state index in [0.29, 0.717) is 11.0 Å². The Morgan fingerprint density at radius 1 is 1.28 bits per heavy atom. The summed E-state index contributed by atoms with van der Waals surface area (Å²) < 4.78 is 1.37. The van der Waals surface area contributed by atoms with Crippen LogP contribution in [0.1, 0.15) is 32.6 Å². The summed E-state index contributed by atoms with van der Waals surface area (Å²) >= 11 is 0. The van der Waals surface area contributed by atoms with Crippen molar-refractivity contribution < 1.29 is 4.79 Å². The Kier molecular flexibility index (Phi) is 4.03. The average Bonchev–Trinajstić information content (AvgIpc) is 2.99. The molecule has 6 heteroatoms. The summed E-state index contributed by atoms with van der Waals surface area (Å²) in [6.07, 6.45) is 5.79. The molecule has 130 valence electrons. The van der Waals surface area contributed by atoms with Gasteiger partial charge in [-0.1, -0.05) is 25.1 Å². The number of hydrogen-bond acceptors (Lipinski definition) is 3. The van der Waals surface area contributed by atoms with E-state index in [4.69, 9.17) is 0 Å². The van der Waals surface area contributed by atoms with Crippen LogP contribution in [0.4, 0.5) is 0 Å². The van der Waals surface area contributed by atoms with Gasteiger partial charge in [0.2, 0.25) is 5.91 Å². The number of fused-ring (bicyclic) bond motifs is 3. The zero-order valence-electron chi connectivity index (χ0n) is 14.3. The lowest BCUT2D eigenvalue weighted by molar-refractivity contribution is -0.122. The van der Waals surface area contributed by atoms with Gasteiger partial charge in [-0.2, -0.15) is 0 Å². The molecule has 0 spiro atoms. The van der Waals surface area contributed by atoms with Crippen molar-refractivity contribution in [3.63, 3.8) is 0 Å². The summed E-state index contributed by atoms with van der Waals surface area (Å²) in [5.41, 5.74) is 1.76. The topological polar surface area (TPSA) is 79.8 Å². The number of carbonyl (C=O) groups excluding carboxylic acids is 1. The molecule has 3 aromatic rings. The van der Waals surface area contributed by atoms with Gasteiger partial charge in [-0.05, 0) is 37.7 Å². The van der Waals surface area contributed by atoms with Crippen LogP contribution >= 0.6 is 0 Å². The molecule has 25 heavy (non-hydrogen) atoms. The van der Waals surface area contributed by atoms with Crippen LogP contribution in [0, 0.1) is 5.92 Å². The normalized spacial score (nSPS) is 20.8. The molecular weight excluding hydrogens is 316 g/mol. The van der Waals surface area contributed by atoms with Crippen LogP contribution < -0.4 is 10.9 Å². The highest BCUT2D eigenvalue weighted by Gasteiger charge is 2.20. The third-order valence-electron chi connectivity index (χ3n) is 5.17. The van der Waals surface area contributed by atoms with E-state index in [2.05, 4.69) is 22.2 Å². The maximum atomic E-state index is 12.7. The van der Waals surface area contributed by atoms with Crippen LogP contribution in [0.3, 0.4) is 0 Å². The largest absolute Gasteiger partial charge is 0.352 e. The molecule has 1 aliphatic carbocycles. The minimum absolute atomic E-state index is 0.00317. The van der Waals surface area contributed by atoms with Crippen molar-refractivity contribution in [2.45, 2.75) is 45.2 Å². The Morgan fingerprint density at radius 2 is 2.04 bits per heavy atom. The molecule has 6 nitrogen and oxygen atoms in total. The Bertz CT molecular complexity index is 980. The highest BCUT2D eigenvalue weighted by Crippen LogP contribution is 2.23. The number of amides is 1. The summed E-state index contributed by atoms with van der Waals surface area (Å²) in [4.78, 5) is 32.5. The number of rotatable bonds is 3. The van der Waals surface area contributed by atoms with Gasteiger partial charge in [-0.25, -0.2) is 4.98 Å². The molecule has 1 fully saturated rings. The lowest BCUT2D eigenvalue weighted by atomic mass is 9.87. The first-order chi connectivity index (χ1) is 12.1. The minimum atomic E-state index is -0.214. The van der Waals surface area contributed by atoms with E-state index in [9.17, 15) is 9.59 Å². The molecular formula is C19H22N4O2. The highest BCUT2D eigenvalue weighted by molar-refractivity contribution is 6.04. The summed E-state index contributed by atoms with van der Waals surface area (Å²) in [6.45, 7) is 2.25. The van der Waals surface area contributed by atoms with Gasteiger partial charge in [-0.3, -0.25) is 14.2 Å². The first-order valence-electron chi connectivity index (χ1n) is 8.87. The van der Waals surface area contributed by atoms with E-state index in [0.717, 1.165) is 42.5 Å². The maximum Gasteiger partial charge on any atom is 0.278 e. The average molecular weight is 338 g/mol. The number of carbonyl (C=O) groups is 1.